The predicted octanol–water partition coefficient (Wildman–Crippen LogP) is 1.72. The summed E-state index contributed by atoms with van der Waals surface area (Å²) in [5.41, 5.74) is 0. The third-order valence-electron chi connectivity index (χ3n) is 0.769. The molecule has 1 aromatic rings. The Bertz CT molecular complexity index is 171. The van der Waals surface area contributed by atoms with Crippen LogP contribution >= 0.6 is 8.19 Å². The summed E-state index contributed by atoms with van der Waals surface area (Å²) in [7, 11) is 0.954. The van der Waals surface area contributed by atoms with Crippen molar-refractivity contribution >= 4 is 14.5 Å². The molecular weight excluding hydrogens is 119 g/mol. The van der Waals surface area contributed by atoms with E-state index in [0.29, 0.717) is 5.30 Å². The lowest BCUT2D eigenvalue weighted by Gasteiger charge is -1.79. The first-order valence-corrected chi connectivity index (χ1v) is 3.19. The first-order chi connectivity index (χ1) is 3.93. The number of carbonyl (C=O) groups excluding carboxylic acids is 1. The minimum absolute atomic E-state index is 0.701. The topological polar surface area (TPSA) is 17.1 Å². The molecule has 0 unspecified atom stereocenters. The zero-order valence-corrected chi connectivity index (χ0v) is 5.06. The molecule has 1 radical (unpaired) electrons. The first-order valence-electron chi connectivity index (χ1n) is 2.22. The second-order valence-corrected chi connectivity index (χ2v) is 2.36. The van der Waals surface area contributed by atoms with Gasteiger partial charge in [0.25, 0.3) is 0 Å². The summed E-state index contributed by atoms with van der Waals surface area (Å²) < 4.78 is 0. The average molecular weight is 123 g/mol. The van der Waals surface area contributed by atoms with E-state index in [9.17, 15) is 4.79 Å². The van der Waals surface area contributed by atoms with E-state index in [-0.39, 0.29) is 0 Å². The van der Waals surface area contributed by atoms with Gasteiger partial charge in [-0.05, 0) is 11.9 Å². The lowest BCUT2D eigenvalue weighted by molar-refractivity contribution is 0.563. The fraction of sp³-hybridized carbons (Fsp3) is 0. The van der Waals surface area contributed by atoms with E-state index in [1.54, 1.807) is 6.07 Å². The largest absolute Gasteiger partial charge is 0.284 e. The zero-order chi connectivity index (χ0) is 5.82. The summed E-state index contributed by atoms with van der Waals surface area (Å²) in [5, 5.41) is 0.701. The molecule has 0 bridgehead atoms. The Labute approximate surface area is 49.5 Å². The van der Waals surface area contributed by atoms with E-state index in [1.807, 2.05) is 24.2 Å². The maximum atomic E-state index is 9.91. The Hall–Kier alpha value is -0.680. The smallest absolute Gasteiger partial charge is 0.238 e. The molecule has 1 rings (SSSR count). The highest BCUT2D eigenvalue weighted by Crippen LogP contribution is 2.07. The van der Waals surface area contributed by atoms with Gasteiger partial charge in [0.1, 0.15) is 0 Å². The van der Waals surface area contributed by atoms with Gasteiger partial charge in [0.2, 0.25) is 6.29 Å². The molecule has 1 heterocycles. The minimum atomic E-state index is 0.701. The van der Waals surface area contributed by atoms with Gasteiger partial charge in [-0.3, -0.25) is 4.79 Å². The van der Waals surface area contributed by atoms with Crippen LogP contribution in [0.25, 0.3) is 0 Å². The first kappa shape index (κ1) is 5.46. The van der Waals surface area contributed by atoms with Gasteiger partial charge < -0.3 is 0 Å². The molecular formula is C6H4OP. The van der Waals surface area contributed by atoms with Crippen LogP contribution in [0.1, 0.15) is 5.30 Å². The minimum Gasteiger partial charge on any atom is -0.284 e. The van der Waals surface area contributed by atoms with Gasteiger partial charge in [0, 0.05) is 0 Å². The lowest BCUT2D eigenvalue weighted by Crippen LogP contribution is -1.67. The molecule has 0 amide bonds. The van der Waals surface area contributed by atoms with Gasteiger partial charge in [-0.15, -0.1) is 0 Å². The van der Waals surface area contributed by atoms with Gasteiger partial charge in [-0.25, -0.2) is 0 Å². The highest BCUT2D eigenvalue weighted by atomic mass is 31.0. The molecule has 0 fully saturated rings. The third-order valence-corrected chi connectivity index (χ3v) is 1.61. The Morgan fingerprint density at radius 1 is 1.50 bits per heavy atom. The lowest BCUT2D eigenvalue weighted by atomic mass is 10.5. The summed E-state index contributed by atoms with van der Waals surface area (Å²) in [6, 6.07) is 5.49. The summed E-state index contributed by atoms with van der Waals surface area (Å²) in [6.45, 7) is 0. The van der Waals surface area contributed by atoms with Crippen LogP contribution in [-0.4, -0.2) is 6.29 Å². The number of hydrogen-bond donors (Lipinski definition) is 0. The molecule has 1 aromatic heterocycles. The quantitative estimate of drug-likeness (QED) is 0.555. The third kappa shape index (κ3) is 1.14. The van der Waals surface area contributed by atoms with Gasteiger partial charge in [0.15, 0.2) is 0 Å². The van der Waals surface area contributed by atoms with Crippen molar-refractivity contribution in [2.24, 2.45) is 0 Å². The maximum Gasteiger partial charge on any atom is 0.238 e. The molecule has 2 heteroatoms. The molecule has 0 aliphatic heterocycles. The predicted molar refractivity (Wildman–Crippen MR) is 33.8 cm³/mol. The zero-order valence-electron chi connectivity index (χ0n) is 4.16. The van der Waals surface area contributed by atoms with Crippen LogP contribution in [0.3, 0.4) is 0 Å². The van der Waals surface area contributed by atoms with Gasteiger partial charge >= 0.3 is 0 Å². The Morgan fingerprint density at radius 2 is 2.38 bits per heavy atom. The van der Waals surface area contributed by atoms with Gasteiger partial charge in [-0.1, -0.05) is 20.3 Å². The van der Waals surface area contributed by atoms with Gasteiger partial charge in [0.05, 0.1) is 5.30 Å². The second-order valence-electron chi connectivity index (χ2n) is 1.32. The highest BCUT2D eigenvalue weighted by molar-refractivity contribution is 7.31. The average Bonchev–Trinajstić information content (AvgIpc) is 1.90. The van der Waals surface area contributed by atoms with Crippen molar-refractivity contribution in [3.63, 3.8) is 0 Å². The Morgan fingerprint density at radius 3 is 2.75 bits per heavy atom. The van der Waals surface area contributed by atoms with E-state index < -0.39 is 0 Å². The van der Waals surface area contributed by atoms with E-state index in [1.165, 1.54) is 0 Å². The van der Waals surface area contributed by atoms with Crippen LogP contribution in [0, 0.1) is 0 Å². The molecule has 0 spiro atoms. The summed E-state index contributed by atoms with van der Waals surface area (Å²) >= 11 is 0. The monoisotopic (exact) mass is 123 g/mol. The van der Waals surface area contributed by atoms with Gasteiger partial charge in [-0.2, -0.15) is 0 Å². The molecule has 39 valence electrons. The molecule has 0 saturated carbocycles. The molecule has 8 heavy (non-hydrogen) atoms. The van der Waals surface area contributed by atoms with E-state index in [2.05, 4.69) is 0 Å². The van der Waals surface area contributed by atoms with Crippen molar-refractivity contribution in [2.45, 2.75) is 0 Å². The molecule has 0 N–H and O–H groups in total. The van der Waals surface area contributed by atoms with Crippen LogP contribution < -0.4 is 0 Å². The molecule has 0 atom stereocenters. The van der Waals surface area contributed by atoms with Crippen molar-refractivity contribution in [2.75, 3.05) is 0 Å². The SMILES string of the molecule is O=[C]c1ccccp1. The highest BCUT2D eigenvalue weighted by Gasteiger charge is 1.83. The summed E-state index contributed by atoms with van der Waals surface area (Å²) in [6.07, 6.45) is 1.82. The normalized spacial score (nSPS) is 9.50. The number of hydrogen-bond acceptors (Lipinski definition) is 1. The summed E-state index contributed by atoms with van der Waals surface area (Å²) in [5.74, 6) is 1.90. The molecule has 0 aliphatic carbocycles. The van der Waals surface area contributed by atoms with Crippen molar-refractivity contribution in [3.8, 4) is 0 Å². The fourth-order valence-electron chi connectivity index (χ4n) is 0.423. The number of rotatable bonds is 1. The molecule has 0 saturated heterocycles. The van der Waals surface area contributed by atoms with E-state index in [4.69, 9.17) is 0 Å². The van der Waals surface area contributed by atoms with Crippen LogP contribution in [-0.2, 0) is 4.79 Å². The molecule has 0 aliphatic rings. The van der Waals surface area contributed by atoms with E-state index >= 15 is 0 Å². The standard InChI is InChI=1S/C6H4OP/c7-5-6-3-1-2-4-8-6/h1-4H. The maximum absolute atomic E-state index is 9.91. The fourth-order valence-corrected chi connectivity index (χ4v) is 0.994. The van der Waals surface area contributed by atoms with Crippen LogP contribution in [0.2, 0.25) is 0 Å². The summed E-state index contributed by atoms with van der Waals surface area (Å²) in [4.78, 5) is 9.91. The van der Waals surface area contributed by atoms with Crippen LogP contribution in [0.4, 0.5) is 0 Å². The van der Waals surface area contributed by atoms with E-state index in [0.717, 1.165) is 8.19 Å². The Balaban J connectivity index is 2.99. The Kier molecular flexibility index (Phi) is 1.76. The van der Waals surface area contributed by atoms with Crippen LogP contribution in [0.15, 0.2) is 24.0 Å². The second kappa shape index (κ2) is 2.58. The molecule has 0 aromatic carbocycles. The molecule has 1 nitrogen and oxygen atoms in total. The van der Waals surface area contributed by atoms with Crippen molar-refractivity contribution in [3.05, 3.63) is 29.3 Å². The van der Waals surface area contributed by atoms with Crippen LogP contribution in [0.5, 0.6) is 0 Å². The van der Waals surface area contributed by atoms with Crippen molar-refractivity contribution in [1.29, 1.82) is 0 Å². The van der Waals surface area contributed by atoms with Crippen molar-refractivity contribution in [1.82, 2.24) is 0 Å². The van der Waals surface area contributed by atoms with Crippen molar-refractivity contribution < 1.29 is 4.79 Å².